The van der Waals surface area contributed by atoms with E-state index < -0.39 is 17.9 Å². The number of urea groups is 1. The Kier molecular flexibility index (Phi) is 3.70. The molecule has 2 rings (SSSR count). The molecule has 19 heavy (non-hydrogen) atoms. The quantitative estimate of drug-likeness (QED) is 0.761. The predicted octanol–water partition coefficient (Wildman–Crippen LogP) is 0.785. The Hall–Kier alpha value is -2.09. The summed E-state index contributed by atoms with van der Waals surface area (Å²) in [4.78, 5) is 35.3. The molecule has 8 heteroatoms. The van der Waals surface area contributed by atoms with Crippen LogP contribution in [0.15, 0.2) is 11.4 Å². The number of aromatic carboxylic acids is 1. The summed E-state index contributed by atoms with van der Waals surface area (Å²) in [7, 11) is 0. The second-order valence-corrected chi connectivity index (χ2v) is 5.15. The smallest absolute Gasteiger partial charge is 0.338 e. The van der Waals surface area contributed by atoms with Crippen molar-refractivity contribution in [2.75, 3.05) is 18.4 Å². The van der Waals surface area contributed by atoms with Crippen molar-refractivity contribution >= 4 is 34.2 Å². The molecule has 1 aliphatic heterocycles. The number of nitrogens with two attached hydrogens (primary N) is 1. The molecule has 1 saturated heterocycles. The number of hydrogen-bond donors (Lipinski definition) is 3. The summed E-state index contributed by atoms with van der Waals surface area (Å²) in [5, 5.41) is 13.4. The number of hydrogen-bond acceptors (Lipinski definition) is 4. The minimum atomic E-state index is -1.09. The van der Waals surface area contributed by atoms with Gasteiger partial charge in [0.15, 0.2) is 0 Å². The number of nitrogens with zero attached hydrogens (tertiary/aromatic N) is 1. The maximum atomic E-state index is 11.9. The third-order valence-electron chi connectivity index (χ3n) is 2.99. The molecule has 4 N–H and O–H groups in total. The maximum absolute atomic E-state index is 11.9. The molecule has 0 saturated carbocycles. The van der Waals surface area contributed by atoms with Crippen molar-refractivity contribution in [1.82, 2.24) is 4.90 Å². The fourth-order valence-electron chi connectivity index (χ4n) is 1.93. The van der Waals surface area contributed by atoms with Gasteiger partial charge in [0.1, 0.15) is 5.00 Å². The first-order valence-corrected chi connectivity index (χ1v) is 6.53. The molecule has 1 unspecified atom stereocenters. The average molecular weight is 283 g/mol. The van der Waals surface area contributed by atoms with Crippen molar-refractivity contribution in [1.29, 1.82) is 0 Å². The normalized spacial score (nSPS) is 18.3. The monoisotopic (exact) mass is 283 g/mol. The topological polar surface area (TPSA) is 113 Å². The standard InChI is InChI=1S/C11H13N3O4S/c12-8(15)6-1-3-14(5-6)11(18)13-9-7(10(16)17)2-4-19-9/h2,4,6H,1,3,5H2,(H2,12,15)(H,13,18)(H,16,17). The van der Waals surface area contributed by atoms with Gasteiger partial charge in [0.05, 0.1) is 11.5 Å². The molecule has 7 nitrogen and oxygen atoms in total. The highest BCUT2D eigenvalue weighted by Crippen LogP contribution is 2.24. The van der Waals surface area contributed by atoms with E-state index in [9.17, 15) is 14.4 Å². The van der Waals surface area contributed by atoms with Crippen LogP contribution in [0, 0.1) is 5.92 Å². The molecule has 1 aliphatic rings. The van der Waals surface area contributed by atoms with E-state index in [4.69, 9.17) is 10.8 Å². The molecular weight excluding hydrogens is 270 g/mol. The van der Waals surface area contributed by atoms with Gasteiger partial charge in [0.2, 0.25) is 5.91 Å². The molecule has 0 spiro atoms. The van der Waals surface area contributed by atoms with Gasteiger partial charge in [0, 0.05) is 13.1 Å². The zero-order valence-electron chi connectivity index (χ0n) is 9.96. The molecular formula is C11H13N3O4S. The molecule has 1 aromatic heterocycles. The molecule has 0 aromatic carbocycles. The van der Waals surface area contributed by atoms with Crippen LogP contribution >= 0.6 is 11.3 Å². The summed E-state index contributed by atoms with van der Waals surface area (Å²) in [5.74, 6) is -1.83. The SMILES string of the molecule is NC(=O)C1CCN(C(=O)Nc2sccc2C(=O)O)C1. The number of primary amides is 1. The van der Waals surface area contributed by atoms with E-state index in [0.717, 1.165) is 11.3 Å². The van der Waals surface area contributed by atoms with Crippen molar-refractivity contribution in [3.63, 3.8) is 0 Å². The van der Waals surface area contributed by atoms with Gasteiger partial charge in [0.25, 0.3) is 0 Å². The van der Waals surface area contributed by atoms with Crippen LogP contribution in [-0.4, -0.2) is 41.0 Å². The highest BCUT2D eigenvalue weighted by Gasteiger charge is 2.30. The number of amides is 3. The number of carboxylic acids is 1. The van der Waals surface area contributed by atoms with E-state index >= 15 is 0 Å². The molecule has 1 aromatic rings. The summed E-state index contributed by atoms with van der Waals surface area (Å²) >= 11 is 1.14. The lowest BCUT2D eigenvalue weighted by Gasteiger charge is -2.16. The van der Waals surface area contributed by atoms with Gasteiger partial charge in [-0.15, -0.1) is 11.3 Å². The fraction of sp³-hybridized carbons (Fsp3) is 0.364. The lowest BCUT2D eigenvalue weighted by Crippen LogP contribution is -2.34. The van der Waals surface area contributed by atoms with Crippen LogP contribution in [0.25, 0.3) is 0 Å². The van der Waals surface area contributed by atoms with E-state index in [0.29, 0.717) is 18.0 Å². The van der Waals surface area contributed by atoms with E-state index in [1.54, 1.807) is 5.38 Å². The lowest BCUT2D eigenvalue weighted by molar-refractivity contribution is -0.121. The zero-order chi connectivity index (χ0) is 14.0. The molecule has 1 fully saturated rings. The van der Waals surface area contributed by atoms with Crippen molar-refractivity contribution in [3.05, 3.63) is 17.0 Å². The van der Waals surface area contributed by atoms with Crippen LogP contribution in [0.4, 0.5) is 9.80 Å². The Labute approximate surface area is 113 Å². The second-order valence-electron chi connectivity index (χ2n) is 4.23. The first-order valence-electron chi connectivity index (χ1n) is 5.65. The minimum Gasteiger partial charge on any atom is -0.478 e. The van der Waals surface area contributed by atoms with Crippen molar-refractivity contribution < 1.29 is 19.5 Å². The van der Waals surface area contributed by atoms with Gasteiger partial charge in [-0.2, -0.15) is 0 Å². The predicted molar refractivity (Wildman–Crippen MR) is 69.2 cm³/mol. The van der Waals surface area contributed by atoms with Crippen LogP contribution in [0.2, 0.25) is 0 Å². The van der Waals surface area contributed by atoms with E-state index in [1.165, 1.54) is 11.0 Å². The highest BCUT2D eigenvalue weighted by atomic mass is 32.1. The number of thiophene rings is 1. The van der Waals surface area contributed by atoms with Crippen LogP contribution < -0.4 is 11.1 Å². The number of rotatable bonds is 3. The Morgan fingerprint density at radius 1 is 1.47 bits per heavy atom. The van der Waals surface area contributed by atoms with E-state index in [2.05, 4.69) is 5.32 Å². The molecule has 0 radical (unpaired) electrons. The number of nitrogens with one attached hydrogen (secondary N) is 1. The second kappa shape index (κ2) is 5.27. The molecule has 2 heterocycles. The number of anilines is 1. The van der Waals surface area contributed by atoms with Gasteiger partial charge in [-0.05, 0) is 17.9 Å². The third-order valence-corrected chi connectivity index (χ3v) is 3.82. The van der Waals surface area contributed by atoms with E-state index in [-0.39, 0.29) is 18.0 Å². The van der Waals surface area contributed by atoms with E-state index in [1.807, 2.05) is 0 Å². The largest absolute Gasteiger partial charge is 0.478 e. The van der Waals surface area contributed by atoms with Crippen molar-refractivity contribution in [2.45, 2.75) is 6.42 Å². The molecule has 0 bridgehead atoms. The third kappa shape index (κ3) is 2.84. The van der Waals surface area contributed by atoms with Gasteiger partial charge >= 0.3 is 12.0 Å². The van der Waals surface area contributed by atoms with Gasteiger partial charge in [-0.3, -0.25) is 10.1 Å². The van der Waals surface area contributed by atoms with Crippen molar-refractivity contribution in [2.24, 2.45) is 11.7 Å². The molecule has 102 valence electrons. The Morgan fingerprint density at radius 2 is 2.21 bits per heavy atom. The molecule has 3 amide bonds. The van der Waals surface area contributed by atoms with Gasteiger partial charge in [-0.1, -0.05) is 0 Å². The summed E-state index contributed by atoms with van der Waals surface area (Å²) in [6, 6.07) is 1.02. The van der Waals surface area contributed by atoms with Gasteiger partial charge < -0.3 is 15.7 Å². The number of carbonyl (C=O) groups excluding carboxylic acids is 2. The first-order chi connectivity index (χ1) is 8.99. The Balaban J connectivity index is 2.00. The summed E-state index contributed by atoms with van der Waals surface area (Å²) < 4.78 is 0. The summed E-state index contributed by atoms with van der Waals surface area (Å²) in [5.41, 5.74) is 5.25. The van der Waals surface area contributed by atoms with Crippen LogP contribution in [0.1, 0.15) is 16.8 Å². The Morgan fingerprint density at radius 3 is 2.79 bits per heavy atom. The number of carboxylic acid groups (broad SMARTS) is 1. The summed E-state index contributed by atoms with van der Waals surface area (Å²) in [6.07, 6.45) is 0.541. The molecule has 0 aliphatic carbocycles. The van der Waals surface area contributed by atoms with Gasteiger partial charge in [-0.25, -0.2) is 9.59 Å². The lowest BCUT2D eigenvalue weighted by atomic mass is 10.1. The fourth-order valence-corrected chi connectivity index (χ4v) is 2.70. The average Bonchev–Trinajstić information content (AvgIpc) is 2.96. The Bertz CT molecular complexity index is 528. The van der Waals surface area contributed by atoms with Crippen LogP contribution in [0.3, 0.4) is 0 Å². The zero-order valence-corrected chi connectivity index (χ0v) is 10.8. The van der Waals surface area contributed by atoms with Crippen molar-refractivity contribution in [3.8, 4) is 0 Å². The van der Waals surface area contributed by atoms with Crippen LogP contribution in [-0.2, 0) is 4.79 Å². The highest BCUT2D eigenvalue weighted by molar-refractivity contribution is 7.14. The minimum absolute atomic E-state index is 0.0593. The molecule has 1 atom stereocenters. The maximum Gasteiger partial charge on any atom is 0.338 e. The van der Waals surface area contributed by atoms with Crippen LogP contribution in [0.5, 0.6) is 0 Å². The summed E-state index contributed by atoms with van der Waals surface area (Å²) in [6.45, 7) is 0.710. The number of carbonyl (C=O) groups is 3. The first kappa shape index (κ1) is 13.3. The number of likely N-dealkylation sites (tertiary alicyclic amines) is 1.